The molecule has 4 heteroatoms. The normalized spacial score (nSPS) is 12.9. The van der Waals surface area contributed by atoms with Gasteiger partial charge < -0.3 is 11.1 Å². The van der Waals surface area contributed by atoms with Crippen LogP contribution < -0.4 is 5.73 Å². The van der Waals surface area contributed by atoms with Gasteiger partial charge in [0.05, 0.1) is 5.84 Å². The van der Waals surface area contributed by atoms with E-state index in [9.17, 15) is 0 Å². The summed E-state index contributed by atoms with van der Waals surface area (Å²) in [6.45, 7) is 5.05. The zero-order valence-electron chi connectivity index (χ0n) is 7.60. The molecule has 0 aliphatic carbocycles. The van der Waals surface area contributed by atoms with Gasteiger partial charge in [-0.25, -0.2) is 4.99 Å². The smallest absolute Gasteiger partial charge is 0.146 e. The van der Waals surface area contributed by atoms with Crippen molar-refractivity contribution in [1.82, 2.24) is 0 Å². The number of nitrogens with zero attached hydrogens (tertiary/aromatic N) is 1. The molecule has 4 N–H and O–H groups in total. The van der Waals surface area contributed by atoms with Gasteiger partial charge >= 0.3 is 0 Å². The minimum atomic E-state index is 0.0825. The second kappa shape index (κ2) is 4.43. The Labute approximate surface area is 72.2 Å². The molecular formula is C8H14N4. The summed E-state index contributed by atoms with van der Waals surface area (Å²) in [5.41, 5.74) is 6.43. The van der Waals surface area contributed by atoms with Crippen LogP contribution in [-0.4, -0.2) is 17.4 Å². The molecule has 66 valence electrons. The molecule has 0 aromatic heterocycles. The Morgan fingerprint density at radius 1 is 1.25 bits per heavy atom. The second-order valence-corrected chi connectivity index (χ2v) is 2.59. The van der Waals surface area contributed by atoms with Crippen molar-refractivity contribution in [2.24, 2.45) is 10.7 Å². The van der Waals surface area contributed by atoms with E-state index in [-0.39, 0.29) is 5.84 Å². The van der Waals surface area contributed by atoms with E-state index in [4.69, 9.17) is 16.6 Å². The summed E-state index contributed by atoms with van der Waals surface area (Å²) in [6.07, 6.45) is 1.51. The standard InChI is InChI=1S/C8H14N4/c1-5(6(2)9)4-8(11)12-7(3)10/h4,9H,1-3H3,(H3,10,11,12)/b5-4-,9-6?. The van der Waals surface area contributed by atoms with Crippen LogP contribution in [0.2, 0.25) is 0 Å². The molecule has 0 atom stereocenters. The zero-order valence-corrected chi connectivity index (χ0v) is 7.60. The first-order chi connectivity index (χ1) is 5.43. The Bertz CT molecular complexity index is 256. The van der Waals surface area contributed by atoms with Gasteiger partial charge in [0.2, 0.25) is 0 Å². The molecule has 0 aromatic rings. The highest BCUT2D eigenvalue weighted by Gasteiger charge is 1.93. The Balaban J connectivity index is 4.46. The second-order valence-electron chi connectivity index (χ2n) is 2.59. The third-order valence-corrected chi connectivity index (χ3v) is 1.24. The van der Waals surface area contributed by atoms with E-state index in [1.54, 1.807) is 20.8 Å². The molecule has 0 spiro atoms. The lowest BCUT2D eigenvalue weighted by molar-refractivity contribution is 1.39. The molecule has 12 heavy (non-hydrogen) atoms. The molecule has 0 bridgehead atoms. The number of nitrogens with one attached hydrogen (secondary N) is 2. The van der Waals surface area contributed by atoms with Gasteiger partial charge in [-0.05, 0) is 32.4 Å². The largest absolute Gasteiger partial charge is 0.387 e. The van der Waals surface area contributed by atoms with Crippen LogP contribution in [0.15, 0.2) is 16.6 Å². The maximum absolute atomic E-state index is 7.30. The van der Waals surface area contributed by atoms with Crippen molar-refractivity contribution in [2.75, 3.05) is 0 Å². The first-order valence-corrected chi connectivity index (χ1v) is 3.56. The van der Waals surface area contributed by atoms with Crippen LogP contribution in [0, 0.1) is 10.8 Å². The topological polar surface area (TPSA) is 86.1 Å². The number of hydrogen-bond acceptors (Lipinski definition) is 2. The molecule has 0 fully saturated rings. The molecule has 0 unspecified atom stereocenters. The minimum absolute atomic E-state index is 0.0825. The quantitative estimate of drug-likeness (QED) is 0.419. The van der Waals surface area contributed by atoms with E-state index in [1.165, 1.54) is 6.08 Å². The van der Waals surface area contributed by atoms with Crippen molar-refractivity contribution >= 4 is 17.4 Å². The van der Waals surface area contributed by atoms with E-state index < -0.39 is 0 Å². The van der Waals surface area contributed by atoms with Gasteiger partial charge in [-0.2, -0.15) is 0 Å². The van der Waals surface area contributed by atoms with Crippen molar-refractivity contribution < 1.29 is 0 Å². The molecule has 0 amide bonds. The third-order valence-electron chi connectivity index (χ3n) is 1.24. The van der Waals surface area contributed by atoms with Crippen molar-refractivity contribution in [3.05, 3.63) is 11.6 Å². The summed E-state index contributed by atoms with van der Waals surface area (Å²) >= 11 is 0. The van der Waals surface area contributed by atoms with Crippen molar-refractivity contribution in [2.45, 2.75) is 20.8 Å². The molecule has 0 saturated heterocycles. The number of rotatable bonds is 2. The van der Waals surface area contributed by atoms with E-state index in [0.717, 1.165) is 5.57 Å². The van der Waals surface area contributed by atoms with E-state index in [2.05, 4.69) is 4.99 Å². The Morgan fingerprint density at radius 3 is 2.08 bits per heavy atom. The van der Waals surface area contributed by atoms with Gasteiger partial charge in [0.25, 0.3) is 0 Å². The fraction of sp³-hybridized carbons (Fsp3) is 0.375. The summed E-state index contributed by atoms with van der Waals surface area (Å²) in [5.74, 6) is 0.436. The average molecular weight is 166 g/mol. The molecule has 0 aliphatic heterocycles. The van der Waals surface area contributed by atoms with Gasteiger partial charge in [0, 0.05) is 5.71 Å². The summed E-state index contributed by atoms with van der Waals surface area (Å²) in [6, 6.07) is 0. The lowest BCUT2D eigenvalue weighted by Gasteiger charge is -1.96. The average Bonchev–Trinajstić information content (AvgIpc) is 1.84. The monoisotopic (exact) mass is 166 g/mol. The molecule has 4 nitrogen and oxygen atoms in total. The van der Waals surface area contributed by atoms with Crippen LogP contribution in [0.25, 0.3) is 0 Å². The van der Waals surface area contributed by atoms with Crippen LogP contribution >= 0.6 is 0 Å². The van der Waals surface area contributed by atoms with Crippen LogP contribution in [-0.2, 0) is 0 Å². The number of aliphatic imine (C=N–C) groups is 1. The van der Waals surface area contributed by atoms with Gasteiger partial charge in [0.1, 0.15) is 5.84 Å². The Kier molecular flexibility index (Phi) is 3.90. The molecule has 0 saturated carbocycles. The summed E-state index contributed by atoms with van der Waals surface area (Å²) in [4.78, 5) is 3.70. The van der Waals surface area contributed by atoms with Gasteiger partial charge in [-0.15, -0.1) is 0 Å². The number of amidine groups is 2. The highest BCUT2D eigenvalue weighted by molar-refractivity contribution is 6.06. The number of hydrogen-bond donors (Lipinski definition) is 3. The minimum Gasteiger partial charge on any atom is -0.387 e. The van der Waals surface area contributed by atoms with Gasteiger partial charge in [0.15, 0.2) is 0 Å². The van der Waals surface area contributed by atoms with Crippen LogP contribution in [0.4, 0.5) is 0 Å². The lowest BCUT2D eigenvalue weighted by atomic mass is 10.2. The Morgan fingerprint density at radius 2 is 1.75 bits per heavy atom. The number of allylic oxidation sites excluding steroid dienone is 1. The van der Waals surface area contributed by atoms with E-state index >= 15 is 0 Å². The van der Waals surface area contributed by atoms with Crippen molar-refractivity contribution in [3.8, 4) is 0 Å². The predicted octanol–water partition coefficient (Wildman–Crippen LogP) is 1.33. The fourth-order valence-electron chi connectivity index (χ4n) is 0.536. The van der Waals surface area contributed by atoms with Crippen molar-refractivity contribution in [1.29, 1.82) is 10.8 Å². The van der Waals surface area contributed by atoms with Gasteiger partial charge in [-0.3, -0.25) is 5.41 Å². The first-order valence-electron chi connectivity index (χ1n) is 3.56. The SMILES string of the molecule is CC(=N)/C(C)=C\C(=N)N=C(C)N. The predicted molar refractivity (Wildman–Crippen MR) is 52.2 cm³/mol. The summed E-state index contributed by atoms with van der Waals surface area (Å²) < 4.78 is 0. The molecule has 0 heterocycles. The first kappa shape index (κ1) is 10.6. The highest BCUT2D eigenvalue weighted by Crippen LogP contribution is 1.95. The highest BCUT2D eigenvalue weighted by atomic mass is 14.9. The summed E-state index contributed by atoms with van der Waals surface area (Å²) in [5, 5.41) is 14.5. The zero-order chi connectivity index (χ0) is 9.72. The fourth-order valence-corrected chi connectivity index (χ4v) is 0.536. The molecular weight excluding hydrogens is 152 g/mol. The maximum Gasteiger partial charge on any atom is 0.146 e. The third kappa shape index (κ3) is 4.38. The summed E-state index contributed by atoms with van der Waals surface area (Å²) in [7, 11) is 0. The number of nitrogens with two attached hydrogens (primary N) is 1. The molecule has 0 aromatic carbocycles. The maximum atomic E-state index is 7.30. The van der Waals surface area contributed by atoms with E-state index in [0.29, 0.717) is 11.5 Å². The van der Waals surface area contributed by atoms with Crippen LogP contribution in [0.3, 0.4) is 0 Å². The van der Waals surface area contributed by atoms with Crippen LogP contribution in [0.5, 0.6) is 0 Å². The van der Waals surface area contributed by atoms with Crippen molar-refractivity contribution in [3.63, 3.8) is 0 Å². The van der Waals surface area contributed by atoms with Crippen LogP contribution in [0.1, 0.15) is 20.8 Å². The molecule has 0 aliphatic rings. The van der Waals surface area contributed by atoms with E-state index in [1.807, 2.05) is 0 Å². The molecule has 0 radical (unpaired) electrons. The Hall–Kier alpha value is -1.45. The lowest BCUT2D eigenvalue weighted by Crippen LogP contribution is -2.08. The van der Waals surface area contributed by atoms with Gasteiger partial charge in [-0.1, -0.05) is 0 Å². The molecule has 0 rings (SSSR count).